The third kappa shape index (κ3) is 4.36. The largest absolute Gasteiger partial charge is 0.322 e. The van der Waals surface area contributed by atoms with Crippen molar-refractivity contribution in [1.29, 1.82) is 0 Å². The van der Waals surface area contributed by atoms with E-state index in [1.807, 2.05) is 54.6 Å². The van der Waals surface area contributed by atoms with Crippen LogP contribution in [0, 0.1) is 0 Å². The molecule has 3 aromatic carbocycles. The fraction of sp³-hybridized carbons (Fsp3) is 0.174. The minimum Gasteiger partial charge on any atom is -0.322 e. The minimum absolute atomic E-state index is 0.129. The van der Waals surface area contributed by atoms with Crippen molar-refractivity contribution < 1.29 is 4.79 Å². The highest BCUT2D eigenvalue weighted by molar-refractivity contribution is 6.03. The second-order valence-electron chi connectivity index (χ2n) is 7.26. The molecular formula is C23H23NO. The van der Waals surface area contributed by atoms with Crippen molar-refractivity contribution in [1.82, 2.24) is 0 Å². The van der Waals surface area contributed by atoms with Crippen LogP contribution < -0.4 is 5.32 Å². The van der Waals surface area contributed by atoms with Gasteiger partial charge in [0.2, 0.25) is 5.91 Å². The van der Waals surface area contributed by atoms with Gasteiger partial charge in [0.25, 0.3) is 0 Å². The Morgan fingerprint density at radius 1 is 0.880 bits per heavy atom. The molecule has 2 nitrogen and oxygen atoms in total. The number of anilines is 1. The van der Waals surface area contributed by atoms with Gasteiger partial charge in [0, 0.05) is 11.8 Å². The first-order valence-corrected chi connectivity index (χ1v) is 8.50. The average molecular weight is 329 g/mol. The zero-order valence-electron chi connectivity index (χ0n) is 14.9. The molecular weight excluding hydrogens is 306 g/mol. The molecule has 0 aliphatic carbocycles. The quantitative estimate of drug-likeness (QED) is 0.605. The summed E-state index contributed by atoms with van der Waals surface area (Å²) in [5, 5.41) is 5.19. The molecule has 0 saturated carbocycles. The van der Waals surface area contributed by atoms with E-state index >= 15 is 0 Å². The van der Waals surface area contributed by atoms with E-state index in [-0.39, 0.29) is 11.3 Å². The lowest BCUT2D eigenvalue weighted by molar-refractivity contribution is -0.111. The summed E-state index contributed by atoms with van der Waals surface area (Å²) in [5.41, 5.74) is 3.23. The monoisotopic (exact) mass is 329 g/mol. The van der Waals surface area contributed by atoms with Crippen LogP contribution in [-0.2, 0) is 10.2 Å². The molecule has 1 N–H and O–H groups in total. The lowest BCUT2D eigenvalue weighted by Crippen LogP contribution is -2.10. The molecule has 0 fully saturated rings. The molecule has 0 aliphatic rings. The molecule has 0 aromatic heterocycles. The average Bonchev–Trinajstić information content (AvgIpc) is 2.59. The van der Waals surface area contributed by atoms with Crippen LogP contribution in [0.3, 0.4) is 0 Å². The first-order valence-electron chi connectivity index (χ1n) is 8.50. The van der Waals surface area contributed by atoms with Crippen molar-refractivity contribution in [3.63, 3.8) is 0 Å². The van der Waals surface area contributed by atoms with Crippen LogP contribution in [0.1, 0.15) is 31.9 Å². The fourth-order valence-corrected chi connectivity index (χ4v) is 2.72. The molecule has 0 radical (unpaired) electrons. The smallest absolute Gasteiger partial charge is 0.248 e. The summed E-state index contributed by atoms with van der Waals surface area (Å²) in [7, 11) is 0. The van der Waals surface area contributed by atoms with Gasteiger partial charge in [0.15, 0.2) is 0 Å². The molecule has 0 heterocycles. The van der Waals surface area contributed by atoms with Crippen molar-refractivity contribution in [3.8, 4) is 0 Å². The lowest BCUT2D eigenvalue weighted by Gasteiger charge is -2.18. The van der Waals surface area contributed by atoms with Crippen LogP contribution >= 0.6 is 0 Å². The summed E-state index contributed by atoms with van der Waals surface area (Å²) < 4.78 is 0. The van der Waals surface area contributed by atoms with Crippen molar-refractivity contribution in [2.24, 2.45) is 0 Å². The van der Waals surface area contributed by atoms with Crippen molar-refractivity contribution >= 4 is 28.4 Å². The third-order valence-corrected chi connectivity index (χ3v) is 4.22. The lowest BCUT2D eigenvalue weighted by atomic mass is 9.87. The maximum atomic E-state index is 12.2. The van der Waals surface area contributed by atoms with Gasteiger partial charge in [-0.3, -0.25) is 4.79 Å². The number of rotatable bonds is 3. The number of fused-ring (bicyclic) bond motifs is 1. The van der Waals surface area contributed by atoms with Crippen LogP contribution in [0.4, 0.5) is 5.69 Å². The van der Waals surface area contributed by atoms with E-state index < -0.39 is 0 Å². The van der Waals surface area contributed by atoms with Gasteiger partial charge < -0.3 is 5.32 Å². The molecule has 0 bridgehead atoms. The van der Waals surface area contributed by atoms with Crippen LogP contribution in [0.15, 0.2) is 72.8 Å². The molecule has 1 amide bonds. The molecule has 0 spiro atoms. The SMILES string of the molecule is CC(C)(C)c1ccc(/C=C/C(=O)Nc2ccc3ccccc3c2)cc1. The molecule has 25 heavy (non-hydrogen) atoms. The summed E-state index contributed by atoms with van der Waals surface area (Å²) in [6.45, 7) is 6.57. The Morgan fingerprint density at radius 2 is 1.56 bits per heavy atom. The second-order valence-corrected chi connectivity index (χ2v) is 7.26. The molecule has 0 atom stereocenters. The van der Waals surface area contributed by atoms with Crippen LogP contribution in [0.2, 0.25) is 0 Å². The maximum absolute atomic E-state index is 12.2. The van der Waals surface area contributed by atoms with Crippen molar-refractivity contribution in [2.45, 2.75) is 26.2 Å². The first kappa shape index (κ1) is 17.0. The van der Waals surface area contributed by atoms with E-state index in [1.54, 1.807) is 6.08 Å². The minimum atomic E-state index is -0.129. The predicted octanol–water partition coefficient (Wildman–Crippen LogP) is 5.79. The Hall–Kier alpha value is -2.87. The summed E-state index contributed by atoms with van der Waals surface area (Å²) in [5.74, 6) is -0.129. The van der Waals surface area contributed by atoms with Crippen LogP contribution in [-0.4, -0.2) is 5.91 Å². The van der Waals surface area contributed by atoms with E-state index in [1.165, 1.54) is 5.56 Å². The summed E-state index contributed by atoms with van der Waals surface area (Å²) in [6, 6.07) is 22.3. The molecule has 0 unspecified atom stereocenters. The maximum Gasteiger partial charge on any atom is 0.248 e. The number of amides is 1. The zero-order valence-corrected chi connectivity index (χ0v) is 14.9. The molecule has 3 rings (SSSR count). The van der Waals surface area contributed by atoms with E-state index in [9.17, 15) is 4.79 Å². The number of hydrogen-bond acceptors (Lipinski definition) is 1. The van der Waals surface area contributed by atoms with Gasteiger partial charge in [-0.15, -0.1) is 0 Å². The second kappa shape index (κ2) is 6.94. The number of hydrogen-bond donors (Lipinski definition) is 1. The third-order valence-electron chi connectivity index (χ3n) is 4.22. The van der Waals surface area contributed by atoms with Gasteiger partial charge in [-0.1, -0.05) is 75.4 Å². The standard InChI is InChI=1S/C23H23NO/c1-23(2,3)20-12-8-17(9-13-20)10-15-22(25)24-21-14-11-18-6-4-5-7-19(18)16-21/h4-16H,1-3H3,(H,24,25)/b15-10+. The van der Waals surface area contributed by atoms with Gasteiger partial charge >= 0.3 is 0 Å². The van der Waals surface area contributed by atoms with E-state index in [2.05, 4.69) is 44.3 Å². The Bertz CT molecular complexity index is 915. The summed E-state index contributed by atoms with van der Waals surface area (Å²) in [4.78, 5) is 12.2. The Kier molecular flexibility index (Phi) is 4.71. The summed E-state index contributed by atoms with van der Waals surface area (Å²) >= 11 is 0. The van der Waals surface area contributed by atoms with Crippen molar-refractivity contribution in [3.05, 3.63) is 83.9 Å². The van der Waals surface area contributed by atoms with Gasteiger partial charge in [0.1, 0.15) is 0 Å². The topological polar surface area (TPSA) is 29.1 Å². The van der Waals surface area contributed by atoms with E-state index in [0.29, 0.717) is 0 Å². The van der Waals surface area contributed by atoms with Gasteiger partial charge in [0.05, 0.1) is 0 Å². The number of nitrogens with one attached hydrogen (secondary N) is 1. The predicted molar refractivity (Wildman–Crippen MR) is 107 cm³/mol. The fourth-order valence-electron chi connectivity index (χ4n) is 2.72. The first-order chi connectivity index (χ1) is 11.9. The van der Waals surface area contributed by atoms with E-state index in [4.69, 9.17) is 0 Å². The Labute approximate surface area is 149 Å². The molecule has 2 heteroatoms. The normalized spacial score (nSPS) is 11.8. The van der Waals surface area contributed by atoms with E-state index in [0.717, 1.165) is 22.0 Å². The van der Waals surface area contributed by atoms with Crippen LogP contribution in [0.5, 0.6) is 0 Å². The van der Waals surface area contributed by atoms with Gasteiger partial charge in [-0.05, 0) is 45.5 Å². The summed E-state index contributed by atoms with van der Waals surface area (Å²) in [6.07, 6.45) is 3.41. The molecule has 0 saturated heterocycles. The molecule has 3 aromatic rings. The number of benzene rings is 3. The highest BCUT2D eigenvalue weighted by Gasteiger charge is 2.12. The number of carbonyl (C=O) groups excluding carboxylic acids is 1. The van der Waals surface area contributed by atoms with Gasteiger partial charge in [-0.2, -0.15) is 0 Å². The Morgan fingerprint density at radius 3 is 2.24 bits per heavy atom. The molecule has 0 aliphatic heterocycles. The van der Waals surface area contributed by atoms with Crippen molar-refractivity contribution in [2.75, 3.05) is 5.32 Å². The highest BCUT2D eigenvalue weighted by Crippen LogP contribution is 2.22. The zero-order chi connectivity index (χ0) is 17.9. The number of carbonyl (C=O) groups is 1. The highest BCUT2D eigenvalue weighted by atomic mass is 16.1. The van der Waals surface area contributed by atoms with Gasteiger partial charge in [-0.25, -0.2) is 0 Å². The molecule has 126 valence electrons. The Balaban J connectivity index is 1.67. The van der Waals surface area contributed by atoms with Crippen LogP contribution in [0.25, 0.3) is 16.8 Å².